The first-order chi connectivity index (χ1) is 15.5. The van der Waals surface area contributed by atoms with Gasteiger partial charge < -0.3 is 24.3 Å². The Morgan fingerprint density at radius 1 is 1.09 bits per heavy atom. The summed E-state index contributed by atoms with van der Waals surface area (Å²) in [5.74, 6) is 1.46. The van der Waals surface area contributed by atoms with Crippen molar-refractivity contribution in [3.8, 4) is 11.5 Å². The number of likely N-dealkylation sites (tertiary alicyclic amines) is 1. The van der Waals surface area contributed by atoms with E-state index >= 15 is 0 Å². The highest BCUT2D eigenvalue weighted by molar-refractivity contribution is 7.17. The van der Waals surface area contributed by atoms with Crippen molar-refractivity contribution in [1.29, 1.82) is 0 Å². The Bertz CT molecular complexity index is 1160. The number of hydrogen-bond donors (Lipinski definition) is 1. The maximum Gasteiger partial charge on any atom is 0.270 e. The predicted octanol–water partition coefficient (Wildman–Crippen LogP) is 3.74. The van der Waals surface area contributed by atoms with Crippen molar-refractivity contribution in [3.63, 3.8) is 0 Å². The quantitative estimate of drug-likeness (QED) is 0.653. The molecule has 1 N–H and O–H groups in total. The molecule has 2 aromatic heterocycles. The van der Waals surface area contributed by atoms with Crippen LogP contribution in [0, 0.1) is 5.92 Å². The van der Waals surface area contributed by atoms with Gasteiger partial charge in [-0.15, -0.1) is 11.3 Å². The van der Waals surface area contributed by atoms with Gasteiger partial charge in [0.25, 0.3) is 5.91 Å². The number of nitrogens with zero attached hydrogens (tertiary/aromatic N) is 2. The molecule has 8 heteroatoms. The number of benzene rings is 1. The fourth-order valence-electron chi connectivity index (χ4n) is 4.51. The molecular formula is C24H27N3O4S. The van der Waals surface area contributed by atoms with Crippen molar-refractivity contribution in [1.82, 2.24) is 14.8 Å². The summed E-state index contributed by atoms with van der Waals surface area (Å²) in [5.41, 5.74) is 2.78. The number of nitrogens with one attached hydrogen (secondary N) is 1. The highest BCUT2D eigenvalue weighted by Crippen LogP contribution is 2.33. The molecule has 2 aliphatic rings. The van der Waals surface area contributed by atoms with Gasteiger partial charge in [0.05, 0.1) is 16.3 Å². The molecule has 4 heterocycles. The molecule has 1 atom stereocenters. The van der Waals surface area contributed by atoms with E-state index < -0.39 is 0 Å². The average Bonchev–Trinajstić information content (AvgIpc) is 3.41. The molecule has 32 heavy (non-hydrogen) atoms. The summed E-state index contributed by atoms with van der Waals surface area (Å²) in [6.45, 7) is 4.25. The molecule has 2 aliphatic heterocycles. The zero-order valence-corrected chi connectivity index (χ0v) is 19.1. The zero-order chi connectivity index (χ0) is 22.2. The molecule has 3 aromatic rings. The molecule has 0 radical (unpaired) electrons. The third kappa shape index (κ3) is 3.83. The van der Waals surface area contributed by atoms with Crippen LogP contribution in [0.5, 0.6) is 11.5 Å². The van der Waals surface area contributed by atoms with Gasteiger partial charge in [-0.3, -0.25) is 9.59 Å². The van der Waals surface area contributed by atoms with Gasteiger partial charge in [0.15, 0.2) is 11.5 Å². The molecule has 168 valence electrons. The Kier molecular flexibility index (Phi) is 5.55. The van der Waals surface area contributed by atoms with Crippen molar-refractivity contribution in [2.24, 2.45) is 13.0 Å². The van der Waals surface area contributed by atoms with Gasteiger partial charge in [0.1, 0.15) is 18.9 Å². The molecule has 1 saturated heterocycles. The van der Waals surface area contributed by atoms with E-state index in [1.807, 2.05) is 59.2 Å². The van der Waals surface area contributed by atoms with Crippen LogP contribution in [0.4, 0.5) is 0 Å². The van der Waals surface area contributed by atoms with Crippen molar-refractivity contribution >= 4 is 33.4 Å². The van der Waals surface area contributed by atoms with Crippen LogP contribution in [-0.4, -0.2) is 47.6 Å². The second-order valence-corrected chi connectivity index (χ2v) is 9.41. The maximum absolute atomic E-state index is 13.0. The van der Waals surface area contributed by atoms with E-state index in [-0.39, 0.29) is 23.8 Å². The highest BCUT2D eigenvalue weighted by atomic mass is 32.1. The summed E-state index contributed by atoms with van der Waals surface area (Å²) >= 11 is 1.64. The Labute approximate surface area is 190 Å². The number of amides is 2. The number of rotatable bonds is 4. The van der Waals surface area contributed by atoms with Gasteiger partial charge in [0, 0.05) is 26.1 Å². The first-order valence-corrected chi connectivity index (χ1v) is 11.9. The van der Waals surface area contributed by atoms with Crippen LogP contribution in [0.3, 0.4) is 0 Å². The number of carbonyl (C=O) groups is 2. The van der Waals surface area contributed by atoms with E-state index in [1.54, 1.807) is 11.3 Å². The number of ether oxygens (including phenoxy) is 2. The first kappa shape index (κ1) is 20.9. The van der Waals surface area contributed by atoms with E-state index in [9.17, 15) is 9.59 Å². The Morgan fingerprint density at radius 3 is 2.59 bits per heavy atom. The van der Waals surface area contributed by atoms with Gasteiger partial charge in [-0.1, -0.05) is 6.07 Å². The van der Waals surface area contributed by atoms with Crippen LogP contribution >= 0.6 is 11.3 Å². The Morgan fingerprint density at radius 2 is 1.84 bits per heavy atom. The minimum atomic E-state index is -0.130. The smallest absolute Gasteiger partial charge is 0.270 e. The van der Waals surface area contributed by atoms with E-state index in [4.69, 9.17) is 9.47 Å². The third-order valence-electron chi connectivity index (χ3n) is 6.46. The summed E-state index contributed by atoms with van der Waals surface area (Å²) < 4.78 is 14.3. The van der Waals surface area contributed by atoms with Crippen LogP contribution in [-0.2, 0) is 11.8 Å². The number of piperidine rings is 1. The van der Waals surface area contributed by atoms with E-state index in [0.29, 0.717) is 44.8 Å². The predicted molar refractivity (Wildman–Crippen MR) is 123 cm³/mol. The van der Waals surface area contributed by atoms with Crippen LogP contribution in [0.15, 0.2) is 35.7 Å². The zero-order valence-electron chi connectivity index (χ0n) is 18.3. The molecular weight excluding hydrogens is 426 g/mol. The maximum atomic E-state index is 13.0. The summed E-state index contributed by atoms with van der Waals surface area (Å²) in [4.78, 5) is 27.8. The number of aryl methyl sites for hydroxylation is 1. The largest absolute Gasteiger partial charge is 0.486 e. The van der Waals surface area contributed by atoms with Crippen molar-refractivity contribution in [2.75, 3.05) is 26.3 Å². The van der Waals surface area contributed by atoms with Crippen LogP contribution in [0.1, 0.15) is 41.9 Å². The van der Waals surface area contributed by atoms with Crippen molar-refractivity contribution in [3.05, 3.63) is 47.0 Å². The van der Waals surface area contributed by atoms with Crippen LogP contribution < -0.4 is 14.8 Å². The van der Waals surface area contributed by atoms with Gasteiger partial charge >= 0.3 is 0 Å². The molecule has 0 spiro atoms. The summed E-state index contributed by atoms with van der Waals surface area (Å²) in [6.07, 6.45) is 1.34. The molecule has 0 aliphatic carbocycles. The van der Waals surface area contributed by atoms with E-state index in [2.05, 4.69) is 5.32 Å². The third-order valence-corrected chi connectivity index (χ3v) is 7.31. The first-order valence-electron chi connectivity index (χ1n) is 11.0. The SMILES string of the molecule is C[C@@H](NC(=O)C1CCN(C(=O)c2cc3sccc3n2C)CC1)c1ccc2c(c1)OCCO2. The molecule has 1 aromatic carbocycles. The molecule has 0 bridgehead atoms. The second-order valence-electron chi connectivity index (χ2n) is 8.46. The number of carbonyl (C=O) groups excluding carboxylic acids is 2. The molecule has 0 saturated carbocycles. The Hall–Kier alpha value is -3.00. The topological polar surface area (TPSA) is 72.8 Å². The van der Waals surface area contributed by atoms with Gasteiger partial charge in [-0.2, -0.15) is 0 Å². The number of hydrogen-bond acceptors (Lipinski definition) is 5. The fraction of sp³-hybridized carbons (Fsp3) is 0.417. The lowest BCUT2D eigenvalue weighted by Crippen LogP contribution is -2.43. The summed E-state index contributed by atoms with van der Waals surface area (Å²) in [7, 11) is 1.93. The lowest BCUT2D eigenvalue weighted by Gasteiger charge is -2.32. The average molecular weight is 454 g/mol. The van der Waals surface area contributed by atoms with Gasteiger partial charge in [-0.25, -0.2) is 0 Å². The van der Waals surface area contributed by atoms with Gasteiger partial charge in [-0.05, 0) is 55.0 Å². The monoisotopic (exact) mass is 453 g/mol. The minimum absolute atomic E-state index is 0.0406. The summed E-state index contributed by atoms with van der Waals surface area (Å²) in [5, 5.41) is 5.17. The van der Waals surface area contributed by atoms with Crippen LogP contribution in [0.25, 0.3) is 10.2 Å². The van der Waals surface area contributed by atoms with E-state index in [0.717, 1.165) is 27.3 Å². The molecule has 7 nitrogen and oxygen atoms in total. The van der Waals surface area contributed by atoms with Crippen molar-refractivity contribution in [2.45, 2.75) is 25.8 Å². The molecule has 2 amide bonds. The van der Waals surface area contributed by atoms with Gasteiger partial charge in [0.2, 0.25) is 5.91 Å². The standard InChI is InChI=1S/C24H27N3O4S/c1-15(17-3-4-20-21(13-17)31-11-10-30-20)25-23(28)16-5-8-27(9-6-16)24(29)19-14-22-18(26(19)2)7-12-32-22/h3-4,7,12-16H,5-6,8-11H2,1-2H3,(H,25,28)/t15-/m1/s1. The lowest BCUT2D eigenvalue weighted by molar-refractivity contribution is -0.127. The molecule has 0 unspecified atom stereocenters. The highest BCUT2D eigenvalue weighted by Gasteiger charge is 2.30. The van der Waals surface area contributed by atoms with Crippen LogP contribution in [0.2, 0.25) is 0 Å². The summed E-state index contributed by atoms with van der Waals surface area (Å²) in [6, 6.07) is 9.67. The second kappa shape index (κ2) is 8.50. The lowest BCUT2D eigenvalue weighted by atomic mass is 9.95. The molecule has 1 fully saturated rings. The molecule has 5 rings (SSSR count). The number of thiophene rings is 1. The Balaban J connectivity index is 1.18. The number of fused-ring (bicyclic) bond motifs is 2. The van der Waals surface area contributed by atoms with E-state index in [1.165, 1.54) is 0 Å². The van der Waals surface area contributed by atoms with Crippen molar-refractivity contribution < 1.29 is 19.1 Å². The number of aromatic nitrogens is 1. The minimum Gasteiger partial charge on any atom is -0.486 e. The fourth-order valence-corrected chi connectivity index (χ4v) is 5.35. The normalized spacial score (nSPS) is 17.4.